The van der Waals surface area contributed by atoms with Gasteiger partial charge in [-0.1, -0.05) is 25.3 Å². The molecule has 2 saturated carbocycles. The van der Waals surface area contributed by atoms with E-state index in [0.717, 1.165) is 78.8 Å². The zero-order valence-electron chi connectivity index (χ0n) is 25.3. The number of rotatable bonds is 5. The minimum atomic E-state index is -3.65. The van der Waals surface area contributed by atoms with Gasteiger partial charge in [-0.3, -0.25) is 4.79 Å². The van der Waals surface area contributed by atoms with Crippen LogP contribution in [-0.4, -0.2) is 79.2 Å². The van der Waals surface area contributed by atoms with Gasteiger partial charge in [0.05, 0.1) is 12.8 Å². The SMILES string of the molecule is CNC(=O)c1ccc2c(C3CCCCC3)c3n(c2c1)CC1(S(=O)(=O)N2CCN4CCC2CC4)CC1c1cc(OC)ccc1-3. The highest BCUT2D eigenvalue weighted by atomic mass is 32.2. The predicted molar refractivity (Wildman–Crippen MR) is 168 cm³/mol. The van der Waals surface area contributed by atoms with E-state index in [4.69, 9.17) is 4.74 Å². The van der Waals surface area contributed by atoms with Gasteiger partial charge in [-0.15, -0.1) is 0 Å². The number of amides is 1. The number of hydrogen-bond acceptors (Lipinski definition) is 5. The molecule has 2 atom stereocenters. The monoisotopic (exact) mass is 602 g/mol. The third-order valence-electron chi connectivity index (χ3n) is 11.4. The number of methoxy groups -OCH3 is 1. The number of sulfonamides is 1. The Kier molecular flexibility index (Phi) is 6.48. The van der Waals surface area contributed by atoms with Crippen LogP contribution in [0.15, 0.2) is 36.4 Å². The van der Waals surface area contributed by atoms with Crippen molar-refractivity contribution in [1.82, 2.24) is 19.1 Å². The summed E-state index contributed by atoms with van der Waals surface area (Å²) in [5.74, 6) is 0.950. The Morgan fingerprint density at radius 2 is 1.77 bits per heavy atom. The maximum atomic E-state index is 15.0. The molecule has 1 aromatic heterocycles. The second-order valence-corrected chi connectivity index (χ2v) is 15.7. The molecule has 2 unspecified atom stereocenters. The van der Waals surface area contributed by atoms with Crippen molar-refractivity contribution in [2.75, 3.05) is 40.3 Å². The molecular weight excluding hydrogens is 560 g/mol. The van der Waals surface area contributed by atoms with Gasteiger partial charge in [0.2, 0.25) is 10.0 Å². The van der Waals surface area contributed by atoms with Gasteiger partial charge in [0.15, 0.2) is 0 Å². The fourth-order valence-corrected chi connectivity index (χ4v) is 11.5. The largest absolute Gasteiger partial charge is 0.497 e. The van der Waals surface area contributed by atoms with Crippen molar-refractivity contribution >= 4 is 26.8 Å². The minimum Gasteiger partial charge on any atom is -0.497 e. The van der Waals surface area contributed by atoms with Crippen LogP contribution in [0.3, 0.4) is 0 Å². The third-order valence-corrected chi connectivity index (χ3v) is 14.1. The average Bonchev–Trinajstić information content (AvgIpc) is 3.80. The summed E-state index contributed by atoms with van der Waals surface area (Å²) < 4.78 is 39.1. The Labute approximate surface area is 254 Å². The molecule has 3 aromatic rings. The maximum absolute atomic E-state index is 15.0. The van der Waals surface area contributed by atoms with Gasteiger partial charge in [-0.2, -0.15) is 4.31 Å². The van der Waals surface area contributed by atoms with Crippen molar-refractivity contribution in [3.05, 3.63) is 53.1 Å². The van der Waals surface area contributed by atoms with Crippen molar-refractivity contribution < 1.29 is 17.9 Å². The number of fused-ring (bicyclic) bond motifs is 11. The van der Waals surface area contributed by atoms with Crippen LogP contribution in [-0.2, 0) is 16.6 Å². The van der Waals surface area contributed by atoms with Gasteiger partial charge < -0.3 is 19.5 Å². The van der Waals surface area contributed by atoms with Crippen LogP contribution in [0.4, 0.5) is 0 Å². The molecule has 5 heterocycles. The smallest absolute Gasteiger partial charge is 0.251 e. The molecule has 4 aliphatic heterocycles. The lowest BCUT2D eigenvalue weighted by atomic mass is 9.81. The molecule has 2 aliphatic carbocycles. The summed E-state index contributed by atoms with van der Waals surface area (Å²) in [5.41, 5.74) is 6.28. The summed E-state index contributed by atoms with van der Waals surface area (Å²) in [6.07, 6.45) is 8.36. The molecule has 2 bridgehead atoms. The Morgan fingerprint density at radius 3 is 2.51 bits per heavy atom. The summed E-state index contributed by atoms with van der Waals surface area (Å²) in [6.45, 7) is 3.73. The quantitative estimate of drug-likeness (QED) is 0.441. The molecule has 0 radical (unpaired) electrons. The van der Waals surface area contributed by atoms with E-state index in [1.165, 1.54) is 24.8 Å². The Morgan fingerprint density at radius 1 is 0.977 bits per heavy atom. The van der Waals surface area contributed by atoms with Crippen LogP contribution in [0.5, 0.6) is 5.75 Å². The number of nitrogens with zero attached hydrogens (tertiary/aromatic N) is 3. The first kappa shape index (κ1) is 27.7. The van der Waals surface area contributed by atoms with E-state index in [2.05, 4.69) is 33.0 Å². The van der Waals surface area contributed by atoms with Crippen molar-refractivity contribution in [2.24, 2.45) is 0 Å². The molecule has 8 nitrogen and oxygen atoms in total. The molecule has 1 amide bonds. The number of aromatic nitrogens is 1. The Balaban J connectivity index is 1.38. The highest BCUT2D eigenvalue weighted by Gasteiger charge is 2.68. The molecule has 3 saturated heterocycles. The van der Waals surface area contributed by atoms with E-state index in [9.17, 15) is 4.79 Å². The Hall–Kier alpha value is -2.88. The molecule has 43 heavy (non-hydrogen) atoms. The van der Waals surface area contributed by atoms with Gasteiger partial charge in [-0.25, -0.2) is 8.42 Å². The summed E-state index contributed by atoms with van der Waals surface area (Å²) in [4.78, 5) is 15.2. The number of carbonyl (C=O) groups excluding carboxylic acids is 1. The highest BCUT2D eigenvalue weighted by Crippen LogP contribution is 2.64. The second kappa shape index (κ2) is 10.1. The molecule has 0 spiro atoms. The number of carbonyl (C=O) groups is 1. The van der Waals surface area contributed by atoms with E-state index >= 15 is 8.42 Å². The van der Waals surface area contributed by atoms with E-state index in [1.54, 1.807) is 14.2 Å². The van der Waals surface area contributed by atoms with E-state index in [0.29, 0.717) is 31.0 Å². The van der Waals surface area contributed by atoms with Crippen LogP contribution >= 0.6 is 0 Å². The molecule has 9 heteroatoms. The predicted octanol–water partition coefficient (Wildman–Crippen LogP) is 5.07. The number of piperidine rings is 1. The summed E-state index contributed by atoms with van der Waals surface area (Å²) >= 11 is 0. The van der Waals surface area contributed by atoms with Crippen molar-refractivity contribution in [3.8, 4) is 17.0 Å². The zero-order valence-corrected chi connectivity index (χ0v) is 26.1. The number of hydrogen-bond donors (Lipinski definition) is 1. The number of nitrogens with one attached hydrogen (secondary N) is 1. The second-order valence-electron chi connectivity index (χ2n) is 13.5. The minimum absolute atomic E-state index is 0.0749. The number of benzene rings is 2. The summed E-state index contributed by atoms with van der Waals surface area (Å²) in [7, 11) is -0.306. The first-order chi connectivity index (χ1) is 20.9. The normalized spacial score (nSPS) is 28.8. The first-order valence-electron chi connectivity index (χ1n) is 16.2. The Bertz CT molecular complexity index is 1720. The summed E-state index contributed by atoms with van der Waals surface area (Å²) in [5, 5.41) is 3.94. The van der Waals surface area contributed by atoms with Gasteiger partial charge in [0, 0.05) is 60.7 Å². The molecule has 1 N–H and O–H groups in total. The van der Waals surface area contributed by atoms with Crippen LogP contribution in [0, 0.1) is 0 Å². The van der Waals surface area contributed by atoms with Crippen molar-refractivity contribution in [1.29, 1.82) is 0 Å². The van der Waals surface area contributed by atoms with Crippen LogP contribution in [0.1, 0.15) is 84.7 Å². The van der Waals surface area contributed by atoms with Gasteiger partial charge >= 0.3 is 0 Å². The van der Waals surface area contributed by atoms with Crippen LogP contribution in [0.25, 0.3) is 22.2 Å². The van der Waals surface area contributed by atoms with Gasteiger partial charge in [-0.05, 0) is 92.6 Å². The maximum Gasteiger partial charge on any atom is 0.251 e. The third kappa shape index (κ3) is 4.07. The van der Waals surface area contributed by atoms with Crippen molar-refractivity contribution in [2.45, 2.75) is 80.5 Å². The average molecular weight is 603 g/mol. The van der Waals surface area contributed by atoms with Crippen molar-refractivity contribution in [3.63, 3.8) is 0 Å². The van der Waals surface area contributed by atoms with Gasteiger partial charge in [0.1, 0.15) is 10.5 Å². The molecular formula is C34H42N4O4S. The molecule has 9 rings (SSSR count). The zero-order chi connectivity index (χ0) is 29.5. The number of ether oxygens (including phenoxy) is 1. The van der Waals surface area contributed by atoms with Crippen LogP contribution in [0.2, 0.25) is 0 Å². The van der Waals surface area contributed by atoms with E-state index in [-0.39, 0.29) is 17.9 Å². The molecule has 2 aromatic carbocycles. The lowest BCUT2D eigenvalue weighted by Gasteiger charge is -2.34. The fourth-order valence-electron chi connectivity index (χ4n) is 8.99. The standard InChI is InChI=1S/C34H42N4O4S/c1-35-33(39)23-8-10-27-30(18-23)37-21-34(43(40,41)38-17-16-36-14-12-24(38)13-15-36)20-29(34)28-19-25(42-2)9-11-26(28)32(37)31(27)22-6-4-3-5-7-22/h8-11,18-19,22,24,29H,3-7,12-17,20-21H2,1-2H3,(H,35,39). The molecule has 5 fully saturated rings. The highest BCUT2D eigenvalue weighted by molar-refractivity contribution is 7.91. The van der Waals surface area contributed by atoms with E-state index in [1.807, 2.05) is 22.5 Å². The lowest BCUT2D eigenvalue weighted by molar-refractivity contribution is 0.0963. The van der Waals surface area contributed by atoms with E-state index < -0.39 is 14.8 Å². The lowest BCUT2D eigenvalue weighted by Crippen LogP contribution is -2.48. The topological polar surface area (TPSA) is 83.9 Å². The van der Waals surface area contributed by atoms with Crippen LogP contribution < -0.4 is 10.1 Å². The molecule has 228 valence electrons. The first-order valence-corrected chi connectivity index (χ1v) is 17.6. The van der Waals surface area contributed by atoms with Gasteiger partial charge in [0.25, 0.3) is 5.91 Å². The fraction of sp³-hybridized carbons (Fsp3) is 0.559. The summed E-state index contributed by atoms with van der Waals surface area (Å²) in [6, 6.07) is 12.4. The molecule has 6 aliphatic rings.